The maximum Gasteiger partial charge on any atom is 0.414 e. The second kappa shape index (κ2) is 6.76. The summed E-state index contributed by atoms with van der Waals surface area (Å²) in [7, 11) is 0. The Morgan fingerprint density at radius 2 is 2.29 bits per heavy atom. The highest BCUT2D eigenvalue weighted by molar-refractivity contribution is 7.80. The number of carbonyl (C=O) groups is 2. The van der Waals surface area contributed by atoms with Crippen molar-refractivity contribution in [3.63, 3.8) is 0 Å². The van der Waals surface area contributed by atoms with E-state index in [-0.39, 0.29) is 18.2 Å². The van der Waals surface area contributed by atoms with Crippen LogP contribution in [0, 0.1) is 0 Å². The second-order valence-corrected chi connectivity index (χ2v) is 6.88. The number of ether oxygens (including phenoxy) is 1. The van der Waals surface area contributed by atoms with Crippen molar-refractivity contribution in [2.45, 2.75) is 38.8 Å². The van der Waals surface area contributed by atoms with Gasteiger partial charge in [-0.05, 0) is 50.5 Å². The van der Waals surface area contributed by atoms with Crippen LogP contribution in [0.1, 0.15) is 25.8 Å². The predicted molar refractivity (Wildman–Crippen MR) is 96.7 cm³/mol. The quantitative estimate of drug-likeness (QED) is 0.669. The van der Waals surface area contributed by atoms with Gasteiger partial charge >= 0.3 is 6.09 Å². The molecule has 1 saturated heterocycles. The van der Waals surface area contributed by atoms with Gasteiger partial charge in [0.15, 0.2) is 0 Å². The molecule has 0 saturated carbocycles. The summed E-state index contributed by atoms with van der Waals surface area (Å²) in [6, 6.07) is 5.97. The van der Waals surface area contributed by atoms with Crippen molar-refractivity contribution in [1.82, 2.24) is 5.32 Å². The highest BCUT2D eigenvalue weighted by Gasteiger charge is 2.33. The van der Waals surface area contributed by atoms with Crippen LogP contribution in [0.5, 0.6) is 0 Å². The lowest BCUT2D eigenvalue weighted by Crippen LogP contribution is -2.36. The molecule has 2 heterocycles. The average Bonchev–Trinajstić information content (AvgIpc) is 2.93. The summed E-state index contributed by atoms with van der Waals surface area (Å²) in [6.07, 6.45) is 2.12. The number of hydrogen-bond donors (Lipinski definition) is 1. The zero-order valence-corrected chi connectivity index (χ0v) is 14.6. The second-order valence-electron chi connectivity index (χ2n) is 6.27. The van der Waals surface area contributed by atoms with Crippen LogP contribution >= 0.6 is 12.2 Å². The number of carbonyl (C=O) groups excluding carboxylic acids is 2. The molecule has 1 fully saturated rings. The topological polar surface area (TPSA) is 61.9 Å². The van der Waals surface area contributed by atoms with Crippen LogP contribution in [-0.4, -0.2) is 42.7 Å². The van der Waals surface area contributed by atoms with Gasteiger partial charge in [-0.3, -0.25) is 9.69 Å². The van der Waals surface area contributed by atoms with E-state index in [1.165, 1.54) is 0 Å². The van der Waals surface area contributed by atoms with Crippen molar-refractivity contribution in [3.8, 4) is 0 Å². The number of rotatable bonds is 4. The highest BCUT2D eigenvalue weighted by atomic mass is 32.1. The molecule has 0 radical (unpaired) electrons. The Balaban J connectivity index is 1.77. The lowest BCUT2D eigenvalue weighted by atomic mass is 9.96. The molecule has 1 N–H and O–H groups in total. The van der Waals surface area contributed by atoms with E-state index in [1.54, 1.807) is 16.7 Å². The molecule has 2 atom stereocenters. The van der Waals surface area contributed by atoms with E-state index in [9.17, 15) is 9.59 Å². The minimum absolute atomic E-state index is 0.200. The van der Waals surface area contributed by atoms with Crippen molar-refractivity contribution in [3.05, 3.63) is 23.8 Å². The van der Waals surface area contributed by atoms with E-state index < -0.39 is 0 Å². The predicted octanol–water partition coefficient (Wildman–Crippen LogP) is 2.25. The molecule has 7 heteroatoms. The smallest absolute Gasteiger partial charge is 0.414 e. The monoisotopic (exact) mass is 347 g/mol. The summed E-state index contributed by atoms with van der Waals surface area (Å²) in [5.41, 5.74) is 2.82. The van der Waals surface area contributed by atoms with E-state index >= 15 is 0 Å². The molecule has 128 valence electrons. The standard InChI is InChI=1S/C17H21N3O3S/c1-11-3-4-13-7-14(5-6-16(13)20(11)10-21)19-9-15(23-17(19)22)8-18-12(2)24/h5-7,10-11,15H,3-4,8-9H2,1-2H3,(H,18,24). The Hall–Kier alpha value is -2.15. The molecule has 0 bridgehead atoms. The zero-order chi connectivity index (χ0) is 17.3. The molecule has 6 nitrogen and oxygen atoms in total. The van der Waals surface area contributed by atoms with Crippen molar-refractivity contribution in [2.24, 2.45) is 0 Å². The fraction of sp³-hybridized carbons (Fsp3) is 0.471. The summed E-state index contributed by atoms with van der Waals surface area (Å²) in [5, 5.41) is 3.03. The fourth-order valence-corrected chi connectivity index (χ4v) is 3.27. The van der Waals surface area contributed by atoms with Gasteiger partial charge in [-0.2, -0.15) is 0 Å². The van der Waals surface area contributed by atoms with Crippen LogP contribution in [0.3, 0.4) is 0 Å². The van der Waals surface area contributed by atoms with Crippen LogP contribution in [0.2, 0.25) is 0 Å². The van der Waals surface area contributed by atoms with Crippen molar-refractivity contribution in [1.29, 1.82) is 0 Å². The number of aryl methyl sites for hydroxylation is 1. The fourth-order valence-electron chi connectivity index (χ4n) is 3.19. The van der Waals surface area contributed by atoms with Crippen LogP contribution in [0.25, 0.3) is 0 Å². The van der Waals surface area contributed by atoms with E-state index in [0.29, 0.717) is 18.1 Å². The van der Waals surface area contributed by atoms with E-state index in [2.05, 4.69) is 5.32 Å². The maximum absolute atomic E-state index is 12.1. The molecule has 1 aromatic carbocycles. The van der Waals surface area contributed by atoms with Gasteiger partial charge in [0, 0.05) is 17.4 Å². The molecule has 3 rings (SSSR count). The number of cyclic esters (lactones) is 1. The summed E-state index contributed by atoms with van der Waals surface area (Å²) in [5.74, 6) is 0. The Morgan fingerprint density at radius 1 is 1.50 bits per heavy atom. The minimum atomic E-state index is -0.347. The number of benzene rings is 1. The van der Waals surface area contributed by atoms with Gasteiger partial charge in [0.2, 0.25) is 6.41 Å². The number of thiocarbonyl (C=S) groups is 1. The Labute approximate surface area is 146 Å². The summed E-state index contributed by atoms with van der Waals surface area (Å²) >= 11 is 4.98. The summed E-state index contributed by atoms with van der Waals surface area (Å²) in [4.78, 5) is 27.5. The molecule has 2 amide bonds. The van der Waals surface area contributed by atoms with E-state index in [1.807, 2.05) is 25.1 Å². The van der Waals surface area contributed by atoms with Gasteiger partial charge in [-0.1, -0.05) is 12.2 Å². The number of anilines is 2. The normalized spacial score (nSPS) is 22.8. The third-order valence-corrected chi connectivity index (χ3v) is 4.67. The third kappa shape index (κ3) is 3.21. The average molecular weight is 347 g/mol. The lowest BCUT2D eigenvalue weighted by Gasteiger charge is -2.32. The number of nitrogens with one attached hydrogen (secondary N) is 1. The molecule has 2 aliphatic heterocycles. The van der Waals surface area contributed by atoms with Gasteiger partial charge < -0.3 is 15.0 Å². The molecule has 1 aromatic rings. The first-order chi connectivity index (χ1) is 11.5. The minimum Gasteiger partial charge on any atom is -0.442 e. The van der Waals surface area contributed by atoms with Crippen molar-refractivity contribution >= 4 is 41.1 Å². The Morgan fingerprint density at radius 3 is 3.00 bits per heavy atom. The van der Waals surface area contributed by atoms with Gasteiger partial charge in [0.25, 0.3) is 0 Å². The van der Waals surface area contributed by atoms with Crippen molar-refractivity contribution in [2.75, 3.05) is 22.9 Å². The number of fused-ring (bicyclic) bond motifs is 1. The third-order valence-electron chi connectivity index (χ3n) is 4.53. The largest absolute Gasteiger partial charge is 0.442 e. The Kier molecular flexibility index (Phi) is 4.71. The number of nitrogens with zero attached hydrogens (tertiary/aromatic N) is 2. The first-order valence-electron chi connectivity index (χ1n) is 8.08. The summed E-state index contributed by atoms with van der Waals surface area (Å²) < 4.78 is 5.38. The molecule has 0 spiro atoms. The first kappa shape index (κ1) is 16.7. The SMILES string of the molecule is CC(=S)NCC1CN(c2ccc3c(c2)CCC(C)N3C=O)C(=O)O1. The zero-order valence-electron chi connectivity index (χ0n) is 13.8. The number of hydrogen-bond acceptors (Lipinski definition) is 4. The van der Waals surface area contributed by atoms with E-state index in [0.717, 1.165) is 36.2 Å². The van der Waals surface area contributed by atoms with Crippen LogP contribution < -0.4 is 15.1 Å². The molecular formula is C17H21N3O3S. The molecule has 0 aliphatic carbocycles. The van der Waals surface area contributed by atoms with Gasteiger partial charge in [-0.25, -0.2) is 4.79 Å². The van der Waals surface area contributed by atoms with E-state index in [4.69, 9.17) is 17.0 Å². The molecular weight excluding hydrogens is 326 g/mol. The summed E-state index contributed by atoms with van der Waals surface area (Å²) in [6.45, 7) is 4.84. The van der Waals surface area contributed by atoms with Gasteiger partial charge in [0.1, 0.15) is 6.10 Å². The number of amides is 2. The molecule has 24 heavy (non-hydrogen) atoms. The molecule has 2 unspecified atom stereocenters. The highest BCUT2D eigenvalue weighted by Crippen LogP contribution is 2.33. The van der Waals surface area contributed by atoms with Crippen LogP contribution in [0.15, 0.2) is 18.2 Å². The maximum atomic E-state index is 12.1. The molecule has 2 aliphatic rings. The first-order valence-corrected chi connectivity index (χ1v) is 8.49. The van der Waals surface area contributed by atoms with Crippen LogP contribution in [0.4, 0.5) is 16.2 Å². The van der Waals surface area contributed by atoms with Crippen molar-refractivity contribution < 1.29 is 14.3 Å². The van der Waals surface area contributed by atoms with Crippen LogP contribution in [-0.2, 0) is 16.0 Å². The Bertz CT molecular complexity index is 679. The van der Waals surface area contributed by atoms with Gasteiger partial charge in [-0.15, -0.1) is 0 Å². The molecule has 0 aromatic heterocycles. The van der Waals surface area contributed by atoms with Gasteiger partial charge in [0.05, 0.1) is 18.1 Å². The lowest BCUT2D eigenvalue weighted by molar-refractivity contribution is -0.107.